The van der Waals surface area contributed by atoms with E-state index in [1.165, 1.54) is 11.8 Å². The lowest BCUT2D eigenvalue weighted by Gasteiger charge is -2.38. The van der Waals surface area contributed by atoms with Crippen LogP contribution in [0.25, 0.3) is 0 Å². The van der Waals surface area contributed by atoms with E-state index >= 15 is 0 Å². The number of thioether (sulfide) groups is 1. The largest absolute Gasteiger partial charge is 0.297 e. The Balaban J connectivity index is 2.33. The van der Waals surface area contributed by atoms with Gasteiger partial charge in [0.25, 0.3) is 0 Å². The van der Waals surface area contributed by atoms with Crippen LogP contribution in [0.3, 0.4) is 0 Å². The third-order valence-corrected chi connectivity index (χ3v) is 6.00. The molecule has 3 fully saturated rings. The van der Waals surface area contributed by atoms with Crippen molar-refractivity contribution in [1.29, 1.82) is 0 Å². The highest BCUT2D eigenvalue weighted by atomic mass is 32.3. The summed E-state index contributed by atoms with van der Waals surface area (Å²) in [6.45, 7) is 3.70. The van der Waals surface area contributed by atoms with E-state index in [1.54, 1.807) is 0 Å². The third-order valence-electron chi connectivity index (χ3n) is 1.67. The van der Waals surface area contributed by atoms with Gasteiger partial charge in [0.2, 0.25) is 0 Å². The van der Waals surface area contributed by atoms with Gasteiger partial charge >= 0.3 is 0 Å². The molecule has 0 aliphatic carbocycles. The number of hydrogen-bond donors (Lipinski definition) is 0. The maximum absolute atomic E-state index is 11.1. The van der Waals surface area contributed by atoms with Crippen LogP contribution >= 0.6 is 11.8 Å². The molecule has 0 N–H and O–H groups in total. The Morgan fingerprint density at radius 3 is 2.70 bits per heavy atom. The van der Waals surface area contributed by atoms with Crippen LogP contribution in [-0.4, -0.2) is 19.2 Å². The first-order valence-corrected chi connectivity index (χ1v) is 5.17. The summed E-state index contributed by atoms with van der Waals surface area (Å²) in [6, 6.07) is 0. The number of ketones is 1. The molecule has 0 aromatic rings. The van der Waals surface area contributed by atoms with E-state index < -0.39 is 10.8 Å². The Morgan fingerprint density at radius 2 is 2.30 bits per heavy atom. The van der Waals surface area contributed by atoms with Crippen molar-refractivity contribution in [1.82, 2.24) is 0 Å². The third kappa shape index (κ3) is 0.661. The van der Waals surface area contributed by atoms with Gasteiger partial charge in [-0.1, -0.05) is 6.58 Å². The molecule has 3 rings (SSSR count). The maximum Gasteiger partial charge on any atom is 0.162 e. The quantitative estimate of drug-likeness (QED) is 0.506. The van der Waals surface area contributed by atoms with Gasteiger partial charge in [0, 0.05) is 6.42 Å². The molecule has 2 bridgehead atoms. The van der Waals surface area contributed by atoms with Crippen molar-refractivity contribution >= 4 is 28.3 Å². The van der Waals surface area contributed by atoms with Gasteiger partial charge in [0.05, 0.1) is 10.8 Å². The summed E-state index contributed by atoms with van der Waals surface area (Å²) in [5, 5.41) is 0. The molecule has 3 heterocycles. The minimum atomic E-state index is -0.934. The molecule has 3 saturated heterocycles. The molecule has 0 amide bonds. The van der Waals surface area contributed by atoms with E-state index in [0.29, 0.717) is 6.42 Å². The van der Waals surface area contributed by atoms with E-state index in [2.05, 4.69) is 6.58 Å². The number of hydrogen-bond acceptors (Lipinski definition) is 3. The molecule has 2 unspecified atom stereocenters. The van der Waals surface area contributed by atoms with Crippen LogP contribution in [0.5, 0.6) is 0 Å². The smallest absolute Gasteiger partial charge is 0.162 e. The van der Waals surface area contributed by atoms with Crippen LogP contribution in [0.1, 0.15) is 6.42 Å². The molecule has 0 aromatic carbocycles. The monoisotopic (exact) mass is 174 g/mol. The van der Waals surface area contributed by atoms with E-state index in [4.69, 9.17) is 0 Å². The molecular formula is C6H6O2S2. The Labute approximate surface area is 65.5 Å². The second-order valence-electron chi connectivity index (χ2n) is 2.43. The van der Waals surface area contributed by atoms with Crippen molar-refractivity contribution in [3.8, 4) is 0 Å². The van der Waals surface area contributed by atoms with Crippen LogP contribution < -0.4 is 0 Å². The summed E-state index contributed by atoms with van der Waals surface area (Å²) >= 11 is 1.49. The lowest BCUT2D eigenvalue weighted by atomic mass is 10.2. The Hall–Kier alpha value is -0.0900. The molecule has 0 radical (unpaired) electrons. The first-order chi connectivity index (χ1) is 4.70. The van der Waals surface area contributed by atoms with Crippen LogP contribution in [0, 0.1) is 0 Å². The fraction of sp³-hybridized carbons (Fsp3) is 0.500. The lowest BCUT2D eigenvalue weighted by Crippen LogP contribution is -2.46. The summed E-state index contributed by atoms with van der Waals surface area (Å²) in [5.41, 5.74) is 0.843. The Morgan fingerprint density at radius 1 is 1.60 bits per heavy atom. The van der Waals surface area contributed by atoms with Gasteiger partial charge in [0.1, 0.15) is 9.16 Å². The SMILES string of the molecule is C=C1CC(=O)[C@@H]2SC1S2=O. The van der Waals surface area contributed by atoms with Crippen LogP contribution in [0.4, 0.5) is 0 Å². The van der Waals surface area contributed by atoms with Crippen molar-refractivity contribution in [2.45, 2.75) is 15.6 Å². The number of Topliss-reactive ketones (excluding diaryl/α,β-unsaturated/α-hetero) is 1. The fourth-order valence-electron chi connectivity index (χ4n) is 1.14. The minimum Gasteiger partial charge on any atom is -0.297 e. The summed E-state index contributed by atoms with van der Waals surface area (Å²) in [6.07, 6.45) is 0.452. The molecule has 0 aromatic heterocycles. The zero-order chi connectivity index (χ0) is 7.30. The second kappa shape index (κ2) is 1.95. The normalized spacial score (nSPS) is 45.0. The standard InChI is InChI=1S/C6H6O2S2/c1-3-2-4(7)6-9-5(3)10(6)8/h5-6H,1-2H2/t5?,6-,10?/m1/s1. The zero-order valence-electron chi connectivity index (χ0n) is 5.20. The zero-order valence-corrected chi connectivity index (χ0v) is 6.83. The number of carbonyl (C=O) groups excluding carboxylic acids is 1. The fourth-order valence-corrected chi connectivity index (χ4v) is 4.23. The molecule has 3 aliphatic rings. The van der Waals surface area contributed by atoms with Gasteiger partial charge < -0.3 is 0 Å². The molecule has 10 heavy (non-hydrogen) atoms. The van der Waals surface area contributed by atoms with Crippen molar-refractivity contribution in [2.24, 2.45) is 0 Å². The predicted octanol–water partition coefficient (Wildman–Crippen LogP) is 0.663. The molecule has 2 nitrogen and oxygen atoms in total. The average molecular weight is 174 g/mol. The van der Waals surface area contributed by atoms with Crippen molar-refractivity contribution < 1.29 is 9.00 Å². The second-order valence-corrected chi connectivity index (χ2v) is 5.84. The average Bonchev–Trinajstić information content (AvgIpc) is 1.83. The van der Waals surface area contributed by atoms with Crippen molar-refractivity contribution in [3.63, 3.8) is 0 Å². The van der Waals surface area contributed by atoms with E-state index in [-0.39, 0.29) is 14.9 Å². The molecule has 4 heteroatoms. The van der Waals surface area contributed by atoms with Gasteiger partial charge in [-0.3, -0.25) is 9.00 Å². The Bertz CT molecular complexity index is 209. The van der Waals surface area contributed by atoms with Gasteiger partial charge in [-0.2, -0.15) is 0 Å². The molecule has 0 saturated carbocycles. The summed E-state index contributed by atoms with van der Waals surface area (Å²) in [4.78, 5) is 11.0. The van der Waals surface area contributed by atoms with Gasteiger partial charge in [-0.25, -0.2) is 0 Å². The van der Waals surface area contributed by atoms with Gasteiger partial charge in [0.15, 0.2) is 5.78 Å². The van der Waals surface area contributed by atoms with Crippen molar-refractivity contribution in [3.05, 3.63) is 12.2 Å². The molecule has 54 valence electrons. The lowest BCUT2D eigenvalue weighted by molar-refractivity contribution is -0.116. The highest BCUT2D eigenvalue weighted by Gasteiger charge is 2.49. The summed E-state index contributed by atoms with van der Waals surface area (Å²) < 4.78 is 10.9. The van der Waals surface area contributed by atoms with E-state index in [1.807, 2.05) is 0 Å². The molecule has 3 aliphatic heterocycles. The molecule has 0 spiro atoms. The number of carbonyl (C=O) groups is 1. The number of fused-ring (bicyclic) bond motifs is 2. The molecule has 3 atom stereocenters. The van der Waals surface area contributed by atoms with Gasteiger partial charge in [-0.15, -0.1) is 11.8 Å². The number of rotatable bonds is 0. The van der Waals surface area contributed by atoms with E-state index in [0.717, 1.165) is 5.57 Å². The highest BCUT2D eigenvalue weighted by molar-refractivity contribution is 8.28. The topological polar surface area (TPSA) is 34.1 Å². The summed E-state index contributed by atoms with van der Waals surface area (Å²) in [5.74, 6) is 0.0934. The molecular weight excluding hydrogens is 168 g/mol. The first-order valence-electron chi connectivity index (χ1n) is 2.95. The maximum atomic E-state index is 11.1. The minimum absolute atomic E-state index is 0.0719. The Kier molecular flexibility index (Phi) is 1.29. The van der Waals surface area contributed by atoms with Gasteiger partial charge in [-0.05, 0) is 5.57 Å². The summed E-state index contributed by atoms with van der Waals surface area (Å²) in [7, 11) is -0.934. The first kappa shape index (κ1) is 6.61. The van der Waals surface area contributed by atoms with Crippen LogP contribution in [0.15, 0.2) is 12.2 Å². The van der Waals surface area contributed by atoms with Crippen LogP contribution in [-0.2, 0) is 15.6 Å². The highest BCUT2D eigenvalue weighted by Crippen LogP contribution is 2.47. The van der Waals surface area contributed by atoms with E-state index in [9.17, 15) is 9.00 Å². The van der Waals surface area contributed by atoms with Crippen molar-refractivity contribution in [2.75, 3.05) is 0 Å². The van der Waals surface area contributed by atoms with Crippen LogP contribution in [0.2, 0.25) is 0 Å². The predicted molar refractivity (Wildman–Crippen MR) is 42.1 cm³/mol.